The third-order valence-corrected chi connectivity index (χ3v) is 3.11. The van der Waals surface area contributed by atoms with E-state index in [1.165, 1.54) is 32.4 Å². The van der Waals surface area contributed by atoms with Gasteiger partial charge in [-0.1, -0.05) is 27.2 Å². The summed E-state index contributed by atoms with van der Waals surface area (Å²) in [5.74, 6) is 0.975. The molecule has 0 bridgehead atoms. The highest BCUT2D eigenvalue weighted by Crippen LogP contribution is 2.55. The van der Waals surface area contributed by atoms with Crippen molar-refractivity contribution in [2.75, 3.05) is 20.1 Å². The average Bonchev–Trinajstić information content (AvgIpc) is 2.64. The molecule has 1 saturated carbocycles. The SMILES string of the molecule is CC1CN(C)CC12CC2.CCC. The molecule has 1 aliphatic carbocycles. The normalized spacial score (nSPS) is 31.5. The predicted octanol–water partition coefficient (Wildman–Crippen LogP) is 2.76. The number of likely N-dealkylation sites (tertiary alicyclic amines) is 1. The van der Waals surface area contributed by atoms with E-state index in [1.54, 1.807) is 0 Å². The van der Waals surface area contributed by atoms with Crippen molar-refractivity contribution in [2.45, 2.75) is 40.0 Å². The zero-order valence-electron chi connectivity index (χ0n) is 9.06. The van der Waals surface area contributed by atoms with Crippen LogP contribution in [0.2, 0.25) is 0 Å². The standard InChI is InChI=1S/C8H15N.C3H8/c1-7-5-9(2)6-8(7)3-4-8;1-3-2/h7H,3-6H2,1-2H3;3H2,1-2H3. The molecular weight excluding hydrogens is 146 g/mol. The fraction of sp³-hybridized carbons (Fsp3) is 1.00. The van der Waals surface area contributed by atoms with Crippen molar-refractivity contribution < 1.29 is 0 Å². The van der Waals surface area contributed by atoms with E-state index in [9.17, 15) is 0 Å². The molecule has 0 radical (unpaired) electrons. The van der Waals surface area contributed by atoms with Crippen LogP contribution in [0.1, 0.15) is 40.0 Å². The predicted molar refractivity (Wildman–Crippen MR) is 54.3 cm³/mol. The zero-order valence-corrected chi connectivity index (χ0v) is 9.06. The van der Waals surface area contributed by atoms with E-state index in [0.717, 1.165) is 11.3 Å². The molecule has 2 rings (SSSR count). The largest absolute Gasteiger partial charge is 0.306 e. The van der Waals surface area contributed by atoms with Gasteiger partial charge in [0.25, 0.3) is 0 Å². The summed E-state index contributed by atoms with van der Waals surface area (Å²) in [6.45, 7) is 9.35. The maximum absolute atomic E-state index is 2.47. The molecule has 1 nitrogen and oxygen atoms in total. The smallest absolute Gasteiger partial charge is 0.00381 e. The van der Waals surface area contributed by atoms with E-state index in [4.69, 9.17) is 0 Å². The van der Waals surface area contributed by atoms with Crippen molar-refractivity contribution >= 4 is 0 Å². The van der Waals surface area contributed by atoms with Crippen molar-refractivity contribution in [3.05, 3.63) is 0 Å². The molecule has 0 aromatic carbocycles. The average molecular weight is 169 g/mol. The number of nitrogens with zero attached hydrogens (tertiary/aromatic N) is 1. The summed E-state index contributed by atoms with van der Waals surface area (Å²) in [7, 11) is 2.24. The van der Waals surface area contributed by atoms with Crippen LogP contribution in [0.5, 0.6) is 0 Å². The molecule has 1 aliphatic heterocycles. The lowest BCUT2D eigenvalue weighted by atomic mass is 9.95. The van der Waals surface area contributed by atoms with Gasteiger partial charge in [0.15, 0.2) is 0 Å². The van der Waals surface area contributed by atoms with Gasteiger partial charge in [-0.05, 0) is 31.2 Å². The van der Waals surface area contributed by atoms with Crippen molar-refractivity contribution in [2.24, 2.45) is 11.3 Å². The monoisotopic (exact) mass is 169 g/mol. The van der Waals surface area contributed by atoms with Crippen molar-refractivity contribution in [3.8, 4) is 0 Å². The van der Waals surface area contributed by atoms with Crippen LogP contribution < -0.4 is 0 Å². The lowest BCUT2D eigenvalue weighted by Crippen LogP contribution is -2.14. The van der Waals surface area contributed by atoms with Crippen molar-refractivity contribution in [3.63, 3.8) is 0 Å². The van der Waals surface area contributed by atoms with Crippen LogP contribution in [0.15, 0.2) is 0 Å². The molecule has 1 unspecified atom stereocenters. The first-order valence-corrected chi connectivity index (χ1v) is 5.33. The van der Waals surface area contributed by atoms with E-state index in [-0.39, 0.29) is 0 Å². The second kappa shape index (κ2) is 3.78. The van der Waals surface area contributed by atoms with E-state index in [0.29, 0.717) is 0 Å². The summed E-state index contributed by atoms with van der Waals surface area (Å²) < 4.78 is 0. The van der Waals surface area contributed by atoms with Gasteiger partial charge in [-0.25, -0.2) is 0 Å². The van der Waals surface area contributed by atoms with Gasteiger partial charge in [0.1, 0.15) is 0 Å². The van der Waals surface area contributed by atoms with Gasteiger partial charge < -0.3 is 4.90 Å². The van der Waals surface area contributed by atoms with Gasteiger partial charge >= 0.3 is 0 Å². The maximum atomic E-state index is 2.47. The fourth-order valence-corrected chi connectivity index (χ4v) is 2.23. The zero-order chi connectivity index (χ0) is 9.19. The molecule has 0 aromatic heterocycles. The Bertz CT molecular complexity index is 138. The van der Waals surface area contributed by atoms with Gasteiger partial charge in [-0.3, -0.25) is 0 Å². The summed E-state index contributed by atoms with van der Waals surface area (Å²) in [6.07, 6.45) is 4.25. The highest BCUT2D eigenvalue weighted by molar-refractivity contribution is 5.03. The highest BCUT2D eigenvalue weighted by atomic mass is 15.1. The molecule has 1 heterocycles. The number of hydrogen-bond donors (Lipinski definition) is 0. The summed E-state index contributed by atoms with van der Waals surface area (Å²) >= 11 is 0. The maximum Gasteiger partial charge on any atom is 0.00381 e. The minimum absolute atomic E-state index is 0.800. The first kappa shape index (κ1) is 10.0. The van der Waals surface area contributed by atoms with Crippen molar-refractivity contribution in [1.82, 2.24) is 4.90 Å². The van der Waals surface area contributed by atoms with E-state index in [1.807, 2.05) is 0 Å². The molecule has 0 aromatic rings. The Morgan fingerprint density at radius 3 is 2.00 bits per heavy atom. The fourth-order valence-electron chi connectivity index (χ4n) is 2.23. The van der Waals surface area contributed by atoms with Crippen LogP contribution in [0.25, 0.3) is 0 Å². The third-order valence-electron chi connectivity index (χ3n) is 3.11. The molecule has 0 N–H and O–H groups in total. The second-order valence-electron chi connectivity index (χ2n) is 4.67. The highest BCUT2D eigenvalue weighted by Gasteiger charge is 2.51. The number of rotatable bonds is 0. The summed E-state index contributed by atoms with van der Waals surface area (Å²) in [6, 6.07) is 0. The Balaban J connectivity index is 0.000000213. The van der Waals surface area contributed by atoms with Gasteiger partial charge in [-0.2, -0.15) is 0 Å². The molecule has 12 heavy (non-hydrogen) atoms. The van der Waals surface area contributed by atoms with Gasteiger partial charge in [0.05, 0.1) is 0 Å². The first-order valence-electron chi connectivity index (χ1n) is 5.33. The molecular formula is C11H23N. The molecule has 1 atom stereocenters. The van der Waals surface area contributed by atoms with Gasteiger partial charge in [0, 0.05) is 13.1 Å². The van der Waals surface area contributed by atoms with E-state index < -0.39 is 0 Å². The Morgan fingerprint density at radius 2 is 1.83 bits per heavy atom. The lowest BCUT2D eigenvalue weighted by Gasteiger charge is -2.08. The van der Waals surface area contributed by atoms with Crippen molar-refractivity contribution in [1.29, 1.82) is 0 Å². The number of hydrogen-bond acceptors (Lipinski definition) is 1. The van der Waals surface area contributed by atoms with Gasteiger partial charge in [-0.15, -0.1) is 0 Å². The molecule has 1 spiro atoms. The Kier molecular flexibility index (Phi) is 3.16. The Labute approximate surface area is 77.1 Å². The van der Waals surface area contributed by atoms with Crippen LogP contribution >= 0.6 is 0 Å². The Morgan fingerprint density at radius 1 is 1.33 bits per heavy atom. The Hall–Kier alpha value is -0.0400. The third kappa shape index (κ3) is 2.01. The summed E-state index contributed by atoms with van der Waals surface area (Å²) in [5, 5.41) is 0. The molecule has 2 fully saturated rings. The molecule has 72 valence electrons. The molecule has 1 heteroatoms. The van der Waals surface area contributed by atoms with Crippen LogP contribution in [0.3, 0.4) is 0 Å². The van der Waals surface area contributed by atoms with Gasteiger partial charge in [0.2, 0.25) is 0 Å². The van der Waals surface area contributed by atoms with Crippen LogP contribution in [0, 0.1) is 11.3 Å². The quantitative estimate of drug-likeness (QED) is 0.539. The van der Waals surface area contributed by atoms with Crippen LogP contribution in [0.4, 0.5) is 0 Å². The van der Waals surface area contributed by atoms with Crippen LogP contribution in [-0.2, 0) is 0 Å². The summed E-state index contributed by atoms with van der Waals surface area (Å²) in [5.41, 5.74) is 0.800. The molecule has 2 aliphatic rings. The first-order chi connectivity index (χ1) is 5.64. The second-order valence-corrected chi connectivity index (χ2v) is 4.67. The minimum atomic E-state index is 0.800. The molecule has 0 amide bonds. The topological polar surface area (TPSA) is 3.24 Å². The lowest BCUT2D eigenvalue weighted by molar-refractivity contribution is 0.389. The van der Waals surface area contributed by atoms with E-state index in [2.05, 4.69) is 32.7 Å². The summed E-state index contributed by atoms with van der Waals surface area (Å²) in [4.78, 5) is 2.47. The minimum Gasteiger partial charge on any atom is -0.306 e. The molecule has 1 saturated heterocycles. The van der Waals surface area contributed by atoms with Crippen LogP contribution in [-0.4, -0.2) is 25.0 Å². The van der Waals surface area contributed by atoms with E-state index >= 15 is 0 Å².